The van der Waals surface area contributed by atoms with E-state index in [0.29, 0.717) is 0 Å². The summed E-state index contributed by atoms with van der Waals surface area (Å²) in [5, 5.41) is 7.60. The Bertz CT molecular complexity index is 3020. The average Bonchev–Trinajstić information content (AvgIpc) is 3.72. The van der Waals surface area contributed by atoms with Gasteiger partial charge in [-0.1, -0.05) is 174 Å². The van der Waals surface area contributed by atoms with E-state index in [9.17, 15) is 0 Å². The monoisotopic (exact) mass is 737 g/mol. The lowest BCUT2D eigenvalue weighted by molar-refractivity contribution is 0.767. The lowest BCUT2D eigenvalue weighted by Crippen LogP contribution is -2.28. The summed E-state index contributed by atoms with van der Waals surface area (Å²) < 4.78 is 3.59. The molecule has 1 heterocycles. The van der Waals surface area contributed by atoms with Crippen LogP contribution in [0.2, 0.25) is 0 Å². The Morgan fingerprint density at radius 3 is 1.81 bits per heavy atom. The molecule has 0 radical (unpaired) electrons. The van der Waals surface area contributed by atoms with Crippen molar-refractivity contribution >= 4 is 59.3 Å². The van der Waals surface area contributed by atoms with Crippen molar-refractivity contribution in [1.29, 1.82) is 0 Å². The molecule has 1 aliphatic rings. The van der Waals surface area contributed by atoms with Gasteiger partial charge in [-0.2, -0.15) is 0 Å². The molecule has 0 fully saturated rings. The van der Waals surface area contributed by atoms with Crippen molar-refractivity contribution in [3.8, 4) is 27.9 Å². The molecule has 11 rings (SSSR count). The lowest BCUT2D eigenvalue weighted by Gasteiger charge is -2.34. The van der Waals surface area contributed by atoms with Crippen LogP contribution in [0.25, 0.3) is 71.3 Å². The van der Waals surface area contributed by atoms with E-state index in [0.717, 1.165) is 10.2 Å². The minimum atomic E-state index is -0.482. The van der Waals surface area contributed by atoms with Crippen molar-refractivity contribution in [3.63, 3.8) is 0 Å². The first-order chi connectivity index (χ1) is 26.2. The molecule has 0 saturated heterocycles. The smallest absolute Gasteiger partial charge is 0.0714 e. The summed E-state index contributed by atoms with van der Waals surface area (Å²) in [6.45, 7) is 0. The molecule has 0 atom stereocenters. The average molecular weight is 739 g/mol. The van der Waals surface area contributed by atoms with E-state index < -0.39 is 5.41 Å². The molecule has 0 N–H and O–H groups in total. The molecule has 0 amide bonds. The van der Waals surface area contributed by atoms with E-state index in [1.165, 1.54) is 87.9 Å². The van der Waals surface area contributed by atoms with E-state index in [2.05, 4.69) is 215 Å². The molecule has 9 aromatic carbocycles. The zero-order valence-electron chi connectivity index (χ0n) is 28.8. The third-order valence-electron chi connectivity index (χ3n) is 11.5. The summed E-state index contributed by atoms with van der Waals surface area (Å²) in [6, 6.07) is 71.8. The van der Waals surface area contributed by atoms with Gasteiger partial charge in [-0.15, -0.1) is 0 Å². The van der Waals surface area contributed by atoms with Crippen molar-refractivity contribution in [2.75, 3.05) is 0 Å². The first-order valence-corrected chi connectivity index (χ1v) is 19.0. The van der Waals surface area contributed by atoms with E-state index in [1.54, 1.807) is 0 Å². The summed E-state index contributed by atoms with van der Waals surface area (Å²) in [7, 11) is 0. The quantitative estimate of drug-likeness (QED) is 0.169. The highest BCUT2D eigenvalue weighted by atomic mass is 79.9. The topological polar surface area (TPSA) is 4.93 Å². The molecule has 10 aromatic rings. The van der Waals surface area contributed by atoms with Gasteiger partial charge in [0, 0.05) is 20.9 Å². The van der Waals surface area contributed by atoms with Gasteiger partial charge in [0.05, 0.1) is 16.4 Å². The van der Waals surface area contributed by atoms with Crippen molar-refractivity contribution in [2.45, 2.75) is 5.41 Å². The van der Waals surface area contributed by atoms with Crippen LogP contribution in [0.1, 0.15) is 22.3 Å². The molecule has 1 nitrogen and oxygen atoms in total. The third kappa shape index (κ3) is 4.30. The zero-order valence-corrected chi connectivity index (χ0v) is 30.4. The molecule has 2 heteroatoms. The van der Waals surface area contributed by atoms with Crippen molar-refractivity contribution in [1.82, 2.24) is 4.57 Å². The maximum atomic E-state index is 3.76. The molecular weight excluding hydrogens is 706 g/mol. The van der Waals surface area contributed by atoms with Gasteiger partial charge in [0.25, 0.3) is 0 Å². The molecule has 53 heavy (non-hydrogen) atoms. The number of nitrogens with zero attached hydrogens (tertiary/aromatic N) is 1. The molecule has 0 bridgehead atoms. The number of rotatable bonds is 4. The fourth-order valence-electron chi connectivity index (χ4n) is 9.38. The van der Waals surface area contributed by atoms with Crippen LogP contribution in [0.4, 0.5) is 0 Å². The van der Waals surface area contributed by atoms with E-state index in [1.807, 2.05) is 0 Å². The van der Waals surface area contributed by atoms with Gasteiger partial charge in [-0.25, -0.2) is 0 Å². The second-order valence-electron chi connectivity index (χ2n) is 14.1. The predicted molar refractivity (Wildman–Crippen MR) is 226 cm³/mol. The Morgan fingerprint density at radius 2 is 1.04 bits per heavy atom. The highest BCUT2D eigenvalue weighted by Crippen LogP contribution is 2.57. The second kappa shape index (κ2) is 11.6. The zero-order chi connectivity index (χ0) is 35.1. The number of benzene rings is 9. The number of aromatic nitrogens is 1. The number of fused-ring (bicyclic) bond motifs is 10. The number of halogens is 1. The van der Waals surface area contributed by atoms with Crippen LogP contribution in [0.15, 0.2) is 199 Å². The molecule has 0 unspecified atom stereocenters. The van der Waals surface area contributed by atoms with Crippen molar-refractivity contribution in [2.24, 2.45) is 0 Å². The van der Waals surface area contributed by atoms with Crippen LogP contribution in [-0.2, 0) is 5.41 Å². The number of hydrogen-bond donors (Lipinski definition) is 0. The van der Waals surface area contributed by atoms with Gasteiger partial charge >= 0.3 is 0 Å². The normalized spacial score (nSPS) is 13.2. The highest BCUT2D eigenvalue weighted by molar-refractivity contribution is 9.10. The second-order valence-corrected chi connectivity index (χ2v) is 15.1. The summed E-state index contributed by atoms with van der Waals surface area (Å²) in [5.74, 6) is 0. The summed E-state index contributed by atoms with van der Waals surface area (Å²) in [5.41, 5.74) is 13.2. The first-order valence-electron chi connectivity index (χ1n) is 18.2. The molecular formula is C51H32BrN. The van der Waals surface area contributed by atoms with Gasteiger partial charge in [-0.05, 0) is 102 Å². The molecule has 1 aromatic heterocycles. The Balaban J connectivity index is 1.30. The van der Waals surface area contributed by atoms with Crippen LogP contribution < -0.4 is 0 Å². The minimum Gasteiger partial charge on any atom is -0.309 e. The van der Waals surface area contributed by atoms with Crippen molar-refractivity contribution < 1.29 is 0 Å². The fourth-order valence-corrected chi connectivity index (χ4v) is 9.78. The molecule has 0 saturated carbocycles. The largest absolute Gasteiger partial charge is 0.309 e. The van der Waals surface area contributed by atoms with Crippen molar-refractivity contribution in [3.05, 3.63) is 221 Å². The first kappa shape index (κ1) is 30.4. The van der Waals surface area contributed by atoms with Gasteiger partial charge in [0.2, 0.25) is 0 Å². The maximum Gasteiger partial charge on any atom is 0.0714 e. The van der Waals surface area contributed by atoms with Crippen LogP contribution in [-0.4, -0.2) is 4.57 Å². The Labute approximate surface area is 316 Å². The molecule has 248 valence electrons. The minimum absolute atomic E-state index is 0.482. The Morgan fingerprint density at radius 1 is 0.396 bits per heavy atom. The molecule has 0 aliphatic heterocycles. The summed E-state index contributed by atoms with van der Waals surface area (Å²) in [6.07, 6.45) is 0. The Hall–Kier alpha value is -6.22. The predicted octanol–water partition coefficient (Wildman–Crippen LogP) is 13.9. The Kier molecular flexibility index (Phi) is 6.68. The van der Waals surface area contributed by atoms with Crippen LogP contribution in [0, 0.1) is 0 Å². The summed E-state index contributed by atoms with van der Waals surface area (Å²) in [4.78, 5) is 0. The SMILES string of the molecule is Brc1cccc(-c2cc3c(c4ccccc24)c2c4ccccc4ccc2n3-c2ccc3c(c2)C(c2ccccc2)(c2ccccc2)c2ccccc2-3)c1. The van der Waals surface area contributed by atoms with Gasteiger partial charge in [0.15, 0.2) is 0 Å². The standard InChI is InChI=1S/C51H32BrN/c52-37-20-13-15-34(30-37)44-32-48-50(43-24-10-9-22-40(43)44)49-39-21-8-7-14-33(39)26-29-47(49)53(48)38-27-28-42-41-23-11-12-25-45(41)51(46(42)31-38,35-16-3-1-4-17-35)36-18-5-2-6-19-36/h1-32H. The van der Waals surface area contributed by atoms with Crippen LogP contribution >= 0.6 is 15.9 Å². The van der Waals surface area contributed by atoms with Gasteiger partial charge in [-0.3, -0.25) is 0 Å². The lowest BCUT2D eigenvalue weighted by atomic mass is 9.67. The third-order valence-corrected chi connectivity index (χ3v) is 12.0. The van der Waals surface area contributed by atoms with Gasteiger partial charge in [0.1, 0.15) is 0 Å². The van der Waals surface area contributed by atoms with Gasteiger partial charge < -0.3 is 4.57 Å². The van der Waals surface area contributed by atoms with E-state index >= 15 is 0 Å². The van der Waals surface area contributed by atoms with Crippen LogP contribution in [0.5, 0.6) is 0 Å². The van der Waals surface area contributed by atoms with Crippen LogP contribution in [0.3, 0.4) is 0 Å². The molecule has 0 spiro atoms. The highest BCUT2D eigenvalue weighted by Gasteiger charge is 2.46. The van der Waals surface area contributed by atoms with E-state index in [-0.39, 0.29) is 0 Å². The molecule has 1 aliphatic carbocycles. The fraction of sp³-hybridized carbons (Fsp3) is 0.0196. The maximum absolute atomic E-state index is 3.76. The van der Waals surface area contributed by atoms with E-state index in [4.69, 9.17) is 0 Å². The number of hydrogen-bond acceptors (Lipinski definition) is 0. The summed E-state index contributed by atoms with van der Waals surface area (Å²) >= 11 is 3.76.